The highest BCUT2D eigenvalue weighted by atomic mass is 16.2. The van der Waals surface area contributed by atoms with Crippen LogP contribution in [0.2, 0.25) is 0 Å². The van der Waals surface area contributed by atoms with Gasteiger partial charge in [-0.05, 0) is 24.3 Å². The fraction of sp³-hybridized carbons (Fsp3) is 0.500. The summed E-state index contributed by atoms with van der Waals surface area (Å²) in [4.78, 5) is 10.2. The van der Waals surface area contributed by atoms with Gasteiger partial charge in [-0.25, -0.2) is 10.2 Å². The molecule has 0 saturated carbocycles. The van der Waals surface area contributed by atoms with E-state index in [1.165, 1.54) is 0 Å². The zero-order valence-corrected chi connectivity index (χ0v) is 7.08. The molecule has 0 aromatic rings. The van der Waals surface area contributed by atoms with Crippen molar-refractivity contribution < 1.29 is 4.79 Å². The largest absolute Gasteiger partial charge is 0.350 e. The quantitative estimate of drug-likeness (QED) is 0.467. The molecule has 0 fully saturated rings. The smallest absolute Gasteiger partial charge is 0.332 e. The Kier molecular flexibility index (Phi) is 2.85. The molecule has 1 aliphatic carbocycles. The van der Waals surface area contributed by atoms with Crippen LogP contribution in [0.4, 0.5) is 4.79 Å². The van der Waals surface area contributed by atoms with Crippen molar-refractivity contribution in [2.45, 2.75) is 19.8 Å². The average Bonchev–Trinajstić information content (AvgIpc) is 2.35. The zero-order valence-electron chi connectivity index (χ0n) is 7.08. The number of hydrazone groups is 1. The maximum atomic E-state index is 10.2. The van der Waals surface area contributed by atoms with Gasteiger partial charge < -0.3 is 5.73 Å². The van der Waals surface area contributed by atoms with Gasteiger partial charge in [0.2, 0.25) is 0 Å². The van der Waals surface area contributed by atoms with Crippen LogP contribution >= 0.6 is 0 Å². The van der Waals surface area contributed by atoms with E-state index in [4.69, 9.17) is 5.73 Å². The second-order valence-electron chi connectivity index (χ2n) is 2.99. The molecule has 0 heterocycles. The summed E-state index contributed by atoms with van der Waals surface area (Å²) < 4.78 is 0. The van der Waals surface area contributed by atoms with E-state index in [2.05, 4.69) is 23.5 Å². The second kappa shape index (κ2) is 3.90. The third-order valence-corrected chi connectivity index (χ3v) is 1.79. The van der Waals surface area contributed by atoms with Gasteiger partial charge in [0.05, 0.1) is 6.21 Å². The van der Waals surface area contributed by atoms with Crippen LogP contribution in [-0.2, 0) is 0 Å². The summed E-state index contributed by atoms with van der Waals surface area (Å²) in [5.74, 6) is 0.625. The standard InChI is InChI=1S/C8H13N3O/c1-6-2-3-7(4-6)5-10-11-8(9)12/h4-6H,2-3H2,1H3,(H3,9,11,12)/b10-5+. The maximum Gasteiger partial charge on any atom is 0.332 e. The van der Waals surface area contributed by atoms with Crippen molar-refractivity contribution >= 4 is 12.2 Å². The first kappa shape index (κ1) is 8.77. The molecule has 0 radical (unpaired) electrons. The molecule has 1 rings (SSSR count). The van der Waals surface area contributed by atoms with Gasteiger partial charge in [0.25, 0.3) is 0 Å². The number of hydrogen-bond acceptors (Lipinski definition) is 2. The molecular weight excluding hydrogens is 154 g/mol. The molecule has 0 spiro atoms. The summed E-state index contributed by atoms with van der Waals surface area (Å²) >= 11 is 0. The molecule has 0 aliphatic heterocycles. The first-order valence-corrected chi connectivity index (χ1v) is 3.97. The fourth-order valence-corrected chi connectivity index (χ4v) is 1.21. The monoisotopic (exact) mass is 167 g/mol. The average molecular weight is 167 g/mol. The molecule has 0 bridgehead atoms. The number of nitrogens with one attached hydrogen (secondary N) is 1. The molecule has 0 aromatic carbocycles. The van der Waals surface area contributed by atoms with E-state index in [0.717, 1.165) is 18.4 Å². The highest BCUT2D eigenvalue weighted by Crippen LogP contribution is 2.21. The molecular formula is C8H13N3O. The first-order valence-electron chi connectivity index (χ1n) is 3.97. The summed E-state index contributed by atoms with van der Waals surface area (Å²) in [6.07, 6.45) is 5.99. The number of amides is 2. The van der Waals surface area contributed by atoms with Crippen LogP contribution in [0.5, 0.6) is 0 Å². The lowest BCUT2D eigenvalue weighted by molar-refractivity contribution is 0.249. The van der Waals surface area contributed by atoms with E-state index >= 15 is 0 Å². The number of nitrogens with zero attached hydrogens (tertiary/aromatic N) is 1. The van der Waals surface area contributed by atoms with Gasteiger partial charge in [-0.3, -0.25) is 0 Å². The Morgan fingerprint density at radius 1 is 1.92 bits per heavy atom. The SMILES string of the molecule is CC1C=C(/C=N/NC(N)=O)CC1. The van der Waals surface area contributed by atoms with Crippen LogP contribution in [0.3, 0.4) is 0 Å². The van der Waals surface area contributed by atoms with Gasteiger partial charge in [0.15, 0.2) is 0 Å². The molecule has 4 heteroatoms. The molecule has 1 unspecified atom stereocenters. The highest BCUT2D eigenvalue weighted by Gasteiger charge is 2.08. The minimum atomic E-state index is -0.627. The molecule has 12 heavy (non-hydrogen) atoms. The van der Waals surface area contributed by atoms with Gasteiger partial charge >= 0.3 is 6.03 Å². The predicted octanol–water partition coefficient (Wildman–Crippen LogP) is 0.997. The molecule has 1 aliphatic rings. The second-order valence-corrected chi connectivity index (χ2v) is 2.99. The number of carbonyl (C=O) groups is 1. The topological polar surface area (TPSA) is 67.5 Å². The normalized spacial score (nSPS) is 22.8. The number of rotatable bonds is 2. The van der Waals surface area contributed by atoms with E-state index in [-0.39, 0.29) is 0 Å². The van der Waals surface area contributed by atoms with Gasteiger partial charge in [-0.2, -0.15) is 5.10 Å². The Hall–Kier alpha value is -1.32. The Labute approximate surface area is 71.5 Å². The lowest BCUT2D eigenvalue weighted by Crippen LogP contribution is -2.24. The van der Waals surface area contributed by atoms with Crippen molar-refractivity contribution in [2.75, 3.05) is 0 Å². The van der Waals surface area contributed by atoms with Crippen LogP contribution in [-0.4, -0.2) is 12.2 Å². The van der Waals surface area contributed by atoms with Crippen molar-refractivity contribution in [3.63, 3.8) is 0 Å². The number of allylic oxidation sites excluding steroid dienone is 2. The molecule has 0 saturated heterocycles. The first-order chi connectivity index (χ1) is 5.68. The minimum absolute atomic E-state index is 0.625. The van der Waals surface area contributed by atoms with Crippen molar-refractivity contribution in [1.82, 2.24) is 5.43 Å². The van der Waals surface area contributed by atoms with E-state index in [1.54, 1.807) is 6.21 Å². The fourth-order valence-electron chi connectivity index (χ4n) is 1.21. The summed E-state index contributed by atoms with van der Waals surface area (Å²) in [5, 5.41) is 3.67. The highest BCUT2D eigenvalue weighted by molar-refractivity contribution is 5.81. The number of primary amides is 1. The van der Waals surface area contributed by atoms with Gasteiger partial charge in [-0.1, -0.05) is 13.0 Å². The molecule has 3 N–H and O–H groups in total. The van der Waals surface area contributed by atoms with Gasteiger partial charge in [-0.15, -0.1) is 0 Å². The number of nitrogens with two attached hydrogens (primary N) is 1. The van der Waals surface area contributed by atoms with E-state index in [9.17, 15) is 4.79 Å². The number of urea groups is 1. The van der Waals surface area contributed by atoms with Crippen molar-refractivity contribution in [3.05, 3.63) is 11.6 Å². The minimum Gasteiger partial charge on any atom is -0.350 e. The summed E-state index contributed by atoms with van der Waals surface area (Å²) in [5.41, 5.74) is 8.14. The maximum absolute atomic E-state index is 10.2. The third kappa shape index (κ3) is 2.74. The lowest BCUT2D eigenvalue weighted by Gasteiger charge is -1.91. The Morgan fingerprint density at radius 2 is 2.67 bits per heavy atom. The predicted molar refractivity (Wildman–Crippen MR) is 47.7 cm³/mol. The molecule has 0 aromatic heterocycles. The van der Waals surface area contributed by atoms with Gasteiger partial charge in [0.1, 0.15) is 0 Å². The van der Waals surface area contributed by atoms with E-state index in [1.807, 2.05) is 0 Å². The van der Waals surface area contributed by atoms with Crippen LogP contribution in [0.25, 0.3) is 0 Å². The Bertz CT molecular complexity index is 232. The molecule has 66 valence electrons. The van der Waals surface area contributed by atoms with E-state index in [0.29, 0.717) is 5.92 Å². The zero-order chi connectivity index (χ0) is 8.97. The number of carbonyl (C=O) groups excluding carboxylic acids is 1. The summed E-state index contributed by atoms with van der Waals surface area (Å²) in [6, 6.07) is -0.627. The van der Waals surface area contributed by atoms with Crippen LogP contribution in [0.15, 0.2) is 16.8 Å². The van der Waals surface area contributed by atoms with Crippen LogP contribution < -0.4 is 11.2 Å². The molecule has 1 atom stereocenters. The summed E-state index contributed by atoms with van der Waals surface area (Å²) in [7, 11) is 0. The van der Waals surface area contributed by atoms with Crippen LogP contribution in [0, 0.1) is 5.92 Å². The number of hydrogen-bond donors (Lipinski definition) is 2. The third-order valence-electron chi connectivity index (χ3n) is 1.79. The van der Waals surface area contributed by atoms with Crippen molar-refractivity contribution in [3.8, 4) is 0 Å². The van der Waals surface area contributed by atoms with E-state index < -0.39 is 6.03 Å². The molecule has 4 nitrogen and oxygen atoms in total. The Balaban J connectivity index is 2.36. The molecule has 2 amide bonds. The van der Waals surface area contributed by atoms with Crippen LogP contribution in [0.1, 0.15) is 19.8 Å². The Morgan fingerprint density at radius 3 is 3.17 bits per heavy atom. The lowest BCUT2D eigenvalue weighted by atomic mass is 10.2. The summed E-state index contributed by atoms with van der Waals surface area (Å²) in [6.45, 7) is 2.16. The van der Waals surface area contributed by atoms with Gasteiger partial charge in [0, 0.05) is 0 Å². The van der Waals surface area contributed by atoms with Crippen molar-refractivity contribution in [1.29, 1.82) is 0 Å². The van der Waals surface area contributed by atoms with Crippen molar-refractivity contribution in [2.24, 2.45) is 16.8 Å².